The van der Waals surface area contributed by atoms with Gasteiger partial charge < -0.3 is 4.74 Å². The third kappa shape index (κ3) is 4.89. The average molecular weight is 483 g/mol. The first kappa shape index (κ1) is 23.7. The van der Waals surface area contributed by atoms with Gasteiger partial charge in [-0.15, -0.1) is 0 Å². The number of nitrogens with one attached hydrogen (secondary N) is 1. The van der Waals surface area contributed by atoms with Gasteiger partial charge in [0.1, 0.15) is 28.8 Å². The number of hydrogen-bond acceptors (Lipinski definition) is 4. The number of anilines is 1. The molecule has 2 heterocycles. The maximum atomic E-state index is 14.1. The predicted octanol–water partition coefficient (Wildman–Crippen LogP) is 5.27. The number of halogens is 2. The molecule has 0 bridgehead atoms. The van der Waals surface area contributed by atoms with Crippen LogP contribution in [0.5, 0.6) is 5.75 Å². The van der Waals surface area contributed by atoms with Gasteiger partial charge in [0.2, 0.25) is 0 Å². The van der Waals surface area contributed by atoms with E-state index in [0.717, 1.165) is 57.1 Å². The molecule has 0 atom stereocenters. The van der Waals surface area contributed by atoms with E-state index in [4.69, 9.17) is 9.73 Å². The Morgan fingerprint density at radius 1 is 1.03 bits per heavy atom. The van der Waals surface area contributed by atoms with E-state index in [9.17, 15) is 13.6 Å². The summed E-state index contributed by atoms with van der Waals surface area (Å²) < 4.78 is 33.5. The summed E-state index contributed by atoms with van der Waals surface area (Å²) in [4.78, 5) is 22.1. The second-order valence-electron chi connectivity index (χ2n) is 9.82. The molecule has 2 aromatic carbocycles. The van der Waals surface area contributed by atoms with Crippen molar-refractivity contribution < 1.29 is 18.3 Å². The van der Waals surface area contributed by atoms with Gasteiger partial charge in [0, 0.05) is 25.7 Å². The molecular weight excluding hydrogens is 450 g/mol. The van der Waals surface area contributed by atoms with Crippen molar-refractivity contribution in [2.45, 2.75) is 63.1 Å². The number of ether oxygens (including phenoxy) is 1. The summed E-state index contributed by atoms with van der Waals surface area (Å²) in [6.45, 7) is 2.25. The van der Waals surface area contributed by atoms with Gasteiger partial charge in [-0.25, -0.2) is 13.6 Å². The number of methoxy groups -OCH3 is 1. The van der Waals surface area contributed by atoms with E-state index >= 15 is 0 Å². The van der Waals surface area contributed by atoms with Crippen LogP contribution in [0.25, 0.3) is 0 Å². The highest BCUT2D eigenvalue weighted by molar-refractivity contribution is 6.19. The Balaban J connectivity index is 1.42. The van der Waals surface area contributed by atoms with Gasteiger partial charge in [0.15, 0.2) is 0 Å². The lowest BCUT2D eigenvalue weighted by atomic mass is 9.84. The molecule has 3 aliphatic rings. The molecule has 1 saturated carbocycles. The number of nitrogens with zero attached hydrogens (tertiary/aromatic N) is 3. The summed E-state index contributed by atoms with van der Waals surface area (Å²) in [5.41, 5.74) is 0.686. The molecule has 2 aliphatic heterocycles. The summed E-state index contributed by atoms with van der Waals surface area (Å²) in [5.74, 6) is 0.0849. The Labute approximate surface area is 205 Å². The zero-order chi connectivity index (χ0) is 24.4. The van der Waals surface area contributed by atoms with E-state index in [-0.39, 0.29) is 17.8 Å². The molecule has 1 spiro atoms. The topological polar surface area (TPSA) is 57.2 Å². The summed E-state index contributed by atoms with van der Waals surface area (Å²) >= 11 is 0. The third-order valence-electron chi connectivity index (χ3n) is 7.54. The average Bonchev–Trinajstić information content (AvgIpc) is 3.11. The number of amidine groups is 1. The van der Waals surface area contributed by atoms with Crippen LogP contribution in [0.15, 0.2) is 47.5 Å². The second-order valence-corrected chi connectivity index (χ2v) is 9.82. The van der Waals surface area contributed by atoms with Gasteiger partial charge in [-0.05, 0) is 55.5 Å². The Morgan fingerprint density at radius 3 is 2.31 bits per heavy atom. The molecule has 2 amide bonds. The predicted molar refractivity (Wildman–Crippen MR) is 132 cm³/mol. The smallest absolute Gasteiger partial charge is 0.328 e. The number of aliphatic imine (C=N–C) groups is 1. The van der Waals surface area contributed by atoms with Crippen LogP contribution < -0.4 is 15.0 Å². The third-order valence-corrected chi connectivity index (χ3v) is 7.54. The van der Waals surface area contributed by atoms with E-state index < -0.39 is 17.2 Å². The Bertz CT molecular complexity index is 1070. The molecule has 6 nitrogen and oxygen atoms in total. The fraction of sp³-hybridized carbons (Fsp3) is 0.481. The molecule has 8 heteroatoms. The van der Waals surface area contributed by atoms with E-state index in [0.29, 0.717) is 18.7 Å². The lowest BCUT2D eigenvalue weighted by Gasteiger charge is -2.44. The first-order valence-corrected chi connectivity index (χ1v) is 12.5. The zero-order valence-corrected chi connectivity index (χ0v) is 20.1. The minimum atomic E-state index is -0.731. The van der Waals surface area contributed by atoms with Crippen LogP contribution in [-0.4, -0.2) is 48.5 Å². The van der Waals surface area contributed by atoms with Crippen molar-refractivity contribution in [2.24, 2.45) is 4.99 Å². The number of carbonyl (C=O) groups excluding carboxylic acids is 1. The number of likely N-dealkylation sites (tertiary alicyclic amines) is 1. The number of rotatable bonds is 5. The first-order valence-electron chi connectivity index (χ1n) is 12.5. The molecule has 0 unspecified atom stereocenters. The number of carbonyl (C=O) groups is 1. The number of piperidine rings is 1. The fourth-order valence-electron chi connectivity index (χ4n) is 5.68. The lowest BCUT2D eigenvalue weighted by Crippen LogP contribution is -2.57. The molecule has 5 rings (SSSR count). The van der Waals surface area contributed by atoms with Crippen molar-refractivity contribution >= 4 is 17.6 Å². The second kappa shape index (κ2) is 9.93. The van der Waals surface area contributed by atoms with Crippen LogP contribution in [0.2, 0.25) is 0 Å². The van der Waals surface area contributed by atoms with Gasteiger partial charge in [-0.1, -0.05) is 31.4 Å². The number of amides is 2. The van der Waals surface area contributed by atoms with Crippen molar-refractivity contribution in [1.29, 1.82) is 0 Å². The van der Waals surface area contributed by atoms with Crippen LogP contribution in [0, 0.1) is 11.6 Å². The van der Waals surface area contributed by atoms with Crippen LogP contribution in [-0.2, 0) is 6.54 Å². The van der Waals surface area contributed by atoms with Gasteiger partial charge in [-0.3, -0.25) is 20.1 Å². The molecule has 2 saturated heterocycles. The van der Waals surface area contributed by atoms with Crippen molar-refractivity contribution in [1.82, 2.24) is 10.2 Å². The van der Waals surface area contributed by atoms with Crippen molar-refractivity contribution in [3.63, 3.8) is 0 Å². The van der Waals surface area contributed by atoms with E-state index in [1.54, 1.807) is 12.0 Å². The molecule has 1 N–H and O–H groups in total. The van der Waals surface area contributed by atoms with Crippen molar-refractivity contribution in [2.75, 3.05) is 25.1 Å². The van der Waals surface area contributed by atoms with Crippen molar-refractivity contribution in [3.8, 4) is 5.75 Å². The zero-order valence-electron chi connectivity index (χ0n) is 20.1. The van der Waals surface area contributed by atoms with Crippen LogP contribution in [0.3, 0.4) is 0 Å². The Morgan fingerprint density at radius 2 is 1.69 bits per heavy atom. The summed E-state index contributed by atoms with van der Waals surface area (Å²) in [6, 6.07) is 11.1. The highest BCUT2D eigenvalue weighted by Gasteiger charge is 2.53. The van der Waals surface area contributed by atoms with Gasteiger partial charge in [0.05, 0.1) is 18.8 Å². The number of hydrogen-bond donors (Lipinski definition) is 1. The largest absolute Gasteiger partial charge is 0.497 e. The fourth-order valence-corrected chi connectivity index (χ4v) is 5.68. The molecule has 3 fully saturated rings. The quantitative estimate of drug-likeness (QED) is 0.632. The maximum absolute atomic E-state index is 14.1. The summed E-state index contributed by atoms with van der Waals surface area (Å²) in [5, 5.41) is 2.99. The molecule has 2 aromatic rings. The van der Waals surface area contributed by atoms with E-state index in [1.165, 1.54) is 24.1 Å². The minimum absolute atomic E-state index is 0.178. The highest BCUT2D eigenvalue weighted by Crippen LogP contribution is 2.39. The molecule has 1 aliphatic carbocycles. The maximum Gasteiger partial charge on any atom is 0.328 e. The molecule has 0 aromatic heterocycles. The molecular formula is C27H32F2N4O2. The van der Waals surface area contributed by atoms with E-state index in [1.807, 2.05) is 12.1 Å². The highest BCUT2D eigenvalue weighted by atomic mass is 19.1. The Kier molecular flexibility index (Phi) is 6.73. The standard InChI is InChI=1S/C27H32F2N4O2/c1-35-24-9-7-19(8-10-24)18-32-13-11-27(12-14-32)25(30-22-5-3-2-4-6-22)31-26(34)33(27)23-16-20(28)15-21(29)17-23/h7-10,15-17,22H,2-6,11-14,18H2,1H3,(H,30,31,34). The molecule has 186 valence electrons. The normalized spacial score (nSPS) is 22.1. The first-order chi connectivity index (χ1) is 17.0. The van der Waals surface area contributed by atoms with Crippen LogP contribution in [0.1, 0.15) is 50.5 Å². The van der Waals surface area contributed by atoms with Crippen LogP contribution in [0.4, 0.5) is 19.3 Å². The van der Waals surface area contributed by atoms with Crippen LogP contribution >= 0.6 is 0 Å². The monoisotopic (exact) mass is 482 g/mol. The molecule has 35 heavy (non-hydrogen) atoms. The summed E-state index contributed by atoms with van der Waals surface area (Å²) in [7, 11) is 1.65. The van der Waals surface area contributed by atoms with Gasteiger partial charge in [-0.2, -0.15) is 0 Å². The molecule has 0 radical (unpaired) electrons. The van der Waals surface area contributed by atoms with Crippen molar-refractivity contribution in [3.05, 3.63) is 59.7 Å². The lowest BCUT2D eigenvalue weighted by molar-refractivity contribution is 0.184. The van der Waals surface area contributed by atoms with Gasteiger partial charge >= 0.3 is 6.03 Å². The summed E-state index contributed by atoms with van der Waals surface area (Å²) in [6.07, 6.45) is 6.76. The van der Waals surface area contributed by atoms with Gasteiger partial charge in [0.25, 0.3) is 0 Å². The Hall–Kier alpha value is -3.00. The SMILES string of the molecule is COc1ccc(CN2CCC3(CC2)C(=NC2CCCCC2)NC(=O)N3c2cc(F)cc(F)c2)cc1. The number of benzene rings is 2. The number of urea groups is 1. The minimum Gasteiger partial charge on any atom is -0.497 e. The van der Waals surface area contributed by atoms with E-state index in [2.05, 4.69) is 22.3 Å².